The Morgan fingerprint density at radius 3 is 1.90 bits per heavy atom. The maximum absolute atomic E-state index is 12.4. The minimum absolute atomic E-state index is 0.131. The number of nitrogens with zero attached hydrogens (tertiary/aromatic N) is 1. The molecule has 0 aliphatic rings. The molecule has 1 unspecified atom stereocenters. The summed E-state index contributed by atoms with van der Waals surface area (Å²) >= 11 is 6.09. The Balaban J connectivity index is 2.16. The van der Waals surface area contributed by atoms with Gasteiger partial charge >= 0.3 is 5.97 Å². The van der Waals surface area contributed by atoms with Gasteiger partial charge < -0.3 is 4.74 Å². The molecule has 0 aliphatic carbocycles. The van der Waals surface area contributed by atoms with Crippen LogP contribution in [0.4, 0.5) is 0 Å². The summed E-state index contributed by atoms with van der Waals surface area (Å²) in [6, 6.07) is 27.5. The zero-order valence-electron chi connectivity index (χ0n) is 16.6. The van der Waals surface area contributed by atoms with E-state index in [4.69, 9.17) is 21.3 Å². The van der Waals surface area contributed by atoms with Gasteiger partial charge in [-0.2, -0.15) is 0 Å². The molecular weight excluding hydrogens is 382 g/mol. The quantitative estimate of drug-likeness (QED) is 0.354. The zero-order valence-corrected chi connectivity index (χ0v) is 17.4. The molecule has 3 rings (SSSR count). The second-order valence-corrected chi connectivity index (χ2v) is 7.39. The van der Waals surface area contributed by atoms with Gasteiger partial charge in [-0.15, -0.1) is 0 Å². The molecule has 0 saturated heterocycles. The van der Waals surface area contributed by atoms with Crippen molar-refractivity contribution in [3.63, 3.8) is 0 Å². The highest BCUT2D eigenvalue weighted by molar-refractivity contribution is 6.30. The molecule has 0 aliphatic heterocycles. The molecule has 1 atom stereocenters. The third-order valence-corrected chi connectivity index (χ3v) is 4.96. The van der Waals surface area contributed by atoms with Gasteiger partial charge in [-0.25, -0.2) is 0 Å². The van der Waals surface area contributed by atoms with Crippen LogP contribution < -0.4 is 0 Å². The number of benzene rings is 3. The fraction of sp³-hybridized carbons (Fsp3) is 0.200. The maximum Gasteiger partial charge on any atom is 0.308 e. The third kappa shape index (κ3) is 5.33. The van der Waals surface area contributed by atoms with E-state index in [1.807, 2.05) is 91.9 Å². The van der Waals surface area contributed by atoms with Crippen molar-refractivity contribution in [3.05, 3.63) is 107 Å². The van der Waals surface area contributed by atoms with Gasteiger partial charge in [0.15, 0.2) is 0 Å². The Morgan fingerprint density at radius 2 is 1.41 bits per heavy atom. The SMILES string of the molecule is CCOC(=O)CC(C)(N=C(c1ccccc1)c1ccccc1)c1ccc(Cl)cc1. The van der Waals surface area contributed by atoms with Crippen molar-refractivity contribution in [1.29, 1.82) is 0 Å². The number of carbonyl (C=O) groups excluding carboxylic acids is 1. The van der Waals surface area contributed by atoms with Crippen molar-refractivity contribution in [3.8, 4) is 0 Å². The molecule has 0 saturated carbocycles. The first-order valence-corrected chi connectivity index (χ1v) is 10.0. The average molecular weight is 406 g/mol. The Labute approximate surface area is 177 Å². The molecule has 0 bridgehead atoms. The normalized spacial score (nSPS) is 12.7. The second kappa shape index (κ2) is 9.53. The van der Waals surface area contributed by atoms with Crippen LogP contribution in [-0.4, -0.2) is 18.3 Å². The van der Waals surface area contributed by atoms with E-state index < -0.39 is 5.54 Å². The number of aliphatic imine (C=N–C) groups is 1. The molecule has 4 heteroatoms. The van der Waals surface area contributed by atoms with Crippen LogP contribution in [0, 0.1) is 0 Å². The summed E-state index contributed by atoms with van der Waals surface area (Å²) in [4.78, 5) is 17.6. The van der Waals surface area contributed by atoms with E-state index in [-0.39, 0.29) is 12.4 Å². The summed E-state index contributed by atoms with van der Waals surface area (Å²) in [6.07, 6.45) is 0.131. The summed E-state index contributed by atoms with van der Waals surface area (Å²) in [7, 11) is 0. The Hall–Kier alpha value is -2.91. The standard InChI is InChI=1S/C25H24ClNO2/c1-3-29-23(28)18-25(2,21-14-16-22(26)17-15-21)27-24(19-10-6-4-7-11-19)20-12-8-5-9-13-20/h4-17H,3,18H2,1-2H3. The van der Waals surface area contributed by atoms with Crippen LogP contribution in [0.1, 0.15) is 37.0 Å². The minimum atomic E-state index is -0.808. The van der Waals surface area contributed by atoms with E-state index in [2.05, 4.69) is 0 Å². The Morgan fingerprint density at radius 1 is 0.897 bits per heavy atom. The van der Waals surface area contributed by atoms with Crippen LogP contribution in [0.5, 0.6) is 0 Å². The van der Waals surface area contributed by atoms with Crippen molar-refractivity contribution in [1.82, 2.24) is 0 Å². The number of halogens is 1. The first-order chi connectivity index (χ1) is 14.0. The van der Waals surface area contributed by atoms with Gasteiger partial charge in [0.25, 0.3) is 0 Å². The Bertz CT molecular complexity index is 927. The largest absolute Gasteiger partial charge is 0.466 e. The number of ether oxygens (including phenoxy) is 1. The molecule has 3 aromatic rings. The predicted molar refractivity (Wildman–Crippen MR) is 119 cm³/mol. The second-order valence-electron chi connectivity index (χ2n) is 6.96. The van der Waals surface area contributed by atoms with Crippen molar-refractivity contribution in [2.45, 2.75) is 25.8 Å². The molecule has 0 fully saturated rings. The lowest BCUT2D eigenvalue weighted by atomic mass is 9.88. The fourth-order valence-electron chi connectivity index (χ4n) is 3.24. The fourth-order valence-corrected chi connectivity index (χ4v) is 3.37. The summed E-state index contributed by atoms with van der Waals surface area (Å²) in [5, 5.41) is 0.641. The first kappa shape index (κ1) is 20.8. The highest BCUT2D eigenvalue weighted by Gasteiger charge is 2.31. The number of esters is 1. The molecule has 148 valence electrons. The summed E-state index contributed by atoms with van der Waals surface area (Å²) in [5.74, 6) is -0.283. The van der Waals surface area contributed by atoms with Crippen LogP contribution in [0.25, 0.3) is 0 Å². The highest BCUT2D eigenvalue weighted by atomic mass is 35.5. The van der Waals surface area contributed by atoms with E-state index in [1.165, 1.54) is 0 Å². The van der Waals surface area contributed by atoms with Crippen LogP contribution in [0.15, 0.2) is 89.9 Å². The molecule has 0 radical (unpaired) electrons. The molecule has 0 amide bonds. The van der Waals surface area contributed by atoms with Crippen molar-refractivity contribution in [2.75, 3.05) is 6.61 Å². The van der Waals surface area contributed by atoms with Crippen molar-refractivity contribution in [2.24, 2.45) is 4.99 Å². The number of carbonyl (C=O) groups is 1. The molecule has 29 heavy (non-hydrogen) atoms. The maximum atomic E-state index is 12.4. The van der Waals surface area contributed by atoms with E-state index >= 15 is 0 Å². The summed E-state index contributed by atoms with van der Waals surface area (Å²) in [6.45, 7) is 4.10. The van der Waals surface area contributed by atoms with Crippen molar-refractivity contribution >= 4 is 23.3 Å². The number of hydrogen-bond donors (Lipinski definition) is 0. The van der Waals surface area contributed by atoms with Gasteiger partial charge in [-0.05, 0) is 31.5 Å². The minimum Gasteiger partial charge on any atom is -0.466 e. The smallest absolute Gasteiger partial charge is 0.308 e. The van der Waals surface area contributed by atoms with Crippen LogP contribution in [0.3, 0.4) is 0 Å². The molecule has 3 nitrogen and oxygen atoms in total. The lowest BCUT2D eigenvalue weighted by Crippen LogP contribution is -2.27. The topological polar surface area (TPSA) is 38.7 Å². The lowest BCUT2D eigenvalue weighted by molar-refractivity contribution is -0.144. The van der Waals surface area contributed by atoms with Crippen LogP contribution in [0.2, 0.25) is 5.02 Å². The van der Waals surface area contributed by atoms with Crippen LogP contribution >= 0.6 is 11.6 Å². The first-order valence-electron chi connectivity index (χ1n) is 9.64. The third-order valence-electron chi connectivity index (χ3n) is 4.71. The number of rotatable bonds is 7. The molecular formula is C25H24ClNO2. The van der Waals surface area contributed by atoms with Gasteiger partial charge in [0.2, 0.25) is 0 Å². The zero-order chi connectivity index (χ0) is 20.7. The van der Waals surface area contributed by atoms with Gasteiger partial charge in [-0.3, -0.25) is 9.79 Å². The Kier molecular flexibility index (Phi) is 6.84. The van der Waals surface area contributed by atoms with Crippen molar-refractivity contribution < 1.29 is 9.53 Å². The monoisotopic (exact) mass is 405 g/mol. The molecule has 3 aromatic carbocycles. The van der Waals surface area contributed by atoms with E-state index in [9.17, 15) is 4.79 Å². The van der Waals surface area contributed by atoms with E-state index in [0.717, 1.165) is 22.4 Å². The summed E-state index contributed by atoms with van der Waals surface area (Å²) < 4.78 is 5.24. The highest BCUT2D eigenvalue weighted by Crippen LogP contribution is 2.32. The molecule has 0 aromatic heterocycles. The van der Waals surface area contributed by atoms with Crippen LogP contribution in [-0.2, 0) is 15.1 Å². The molecule has 0 spiro atoms. The van der Waals surface area contributed by atoms with E-state index in [1.54, 1.807) is 6.92 Å². The van der Waals surface area contributed by atoms with Gasteiger partial charge in [-0.1, -0.05) is 84.4 Å². The van der Waals surface area contributed by atoms with Gasteiger partial charge in [0, 0.05) is 16.1 Å². The molecule has 0 heterocycles. The van der Waals surface area contributed by atoms with Gasteiger partial charge in [0.05, 0.1) is 24.3 Å². The van der Waals surface area contributed by atoms with Gasteiger partial charge in [0.1, 0.15) is 0 Å². The van der Waals surface area contributed by atoms with E-state index in [0.29, 0.717) is 11.6 Å². The predicted octanol–water partition coefficient (Wildman–Crippen LogP) is 6.05. The lowest BCUT2D eigenvalue weighted by Gasteiger charge is -2.27. The summed E-state index contributed by atoms with van der Waals surface area (Å²) in [5.41, 5.74) is 2.90. The average Bonchev–Trinajstić information content (AvgIpc) is 2.74. The molecule has 0 N–H and O–H groups in total. The number of hydrogen-bond acceptors (Lipinski definition) is 3.